The first-order valence-corrected chi connectivity index (χ1v) is 8.46. The molecule has 7 heteroatoms. The van der Waals surface area contributed by atoms with Crippen LogP contribution in [0, 0.1) is 11.8 Å². The van der Waals surface area contributed by atoms with E-state index in [1.165, 1.54) is 6.07 Å². The summed E-state index contributed by atoms with van der Waals surface area (Å²) in [6.07, 6.45) is -2.79. The van der Waals surface area contributed by atoms with Gasteiger partial charge >= 0.3 is 12.1 Å². The lowest BCUT2D eigenvalue weighted by Gasteiger charge is -2.35. The van der Waals surface area contributed by atoms with Gasteiger partial charge in [0.05, 0.1) is 11.5 Å². The number of rotatable bonds is 2. The number of alkyl halides is 3. The van der Waals surface area contributed by atoms with Gasteiger partial charge in [-0.25, -0.2) is 4.79 Å². The van der Waals surface area contributed by atoms with E-state index in [1.807, 2.05) is 0 Å². The molecule has 1 aromatic carbocycles. The standard InChI is InChI=1S/C18H20F3NO3/c19-18(20,21)15-3-1-2-12(9-15)16(23)22-7-6-11-4-5-13(17(24)25)8-14(11)10-22/h4-5,8,12,15H,1-3,6-7,9-10H2,(H,24,25). The molecular formula is C18H20F3NO3. The van der Waals surface area contributed by atoms with E-state index in [1.54, 1.807) is 17.0 Å². The minimum Gasteiger partial charge on any atom is -0.478 e. The van der Waals surface area contributed by atoms with Crippen LogP contribution >= 0.6 is 0 Å². The monoisotopic (exact) mass is 355 g/mol. The van der Waals surface area contributed by atoms with E-state index >= 15 is 0 Å². The molecule has 0 spiro atoms. The molecule has 4 nitrogen and oxygen atoms in total. The molecule has 2 atom stereocenters. The molecule has 1 aliphatic carbocycles. The number of carboxylic acids is 1. The van der Waals surface area contributed by atoms with Crippen molar-refractivity contribution in [2.24, 2.45) is 11.8 Å². The molecule has 1 saturated carbocycles. The average Bonchev–Trinajstić information content (AvgIpc) is 2.59. The minimum atomic E-state index is -4.25. The topological polar surface area (TPSA) is 57.6 Å². The lowest BCUT2D eigenvalue weighted by Crippen LogP contribution is -2.42. The van der Waals surface area contributed by atoms with Crippen LogP contribution in [-0.2, 0) is 17.8 Å². The molecule has 136 valence electrons. The number of hydrogen-bond acceptors (Lipinski definition) is 2. The van der Waals surface area contributed by atoms with Crippen molar-refractivity contribution < 1.29 is 27.9 Å². The summed E-state index contributed by atoms with van der Waals surface area (Å²) >= 11 is 0. The highest BCUT2D eigenvalue weighted by molar-refractivity contribution is 5.88. The molecule has 25 heavy (non-hydrogen) atoms. The Balaban J connectivity index is 1.71. The second-order valence-electron chi connectivity index (χ2n) is 6.90. The van der Waals surface area contributed by atoms with Crippen LogP contribution in [0.3, 0.4) is 0 Å². The molecule has 1 N–H and O–H groups in total. The van der Waals surface area contributed by atoms with Crippen molar-refractivity contribution in [3.8, 4) is 0 Å². The zero-order chi connectivity index (χ0) is 18.2. The lowest BCUT2D eigenvalue weighted by atomic mass is 9.80. The van der Waals surface area contributed by atoms with Gasteiger partial charge < -0.3 is 10.0 Å². The van der Waals surface area contributed by atoms with E-state index in [0.717, 1.165) is 11.1 Å². The van der Waals surface area contributed by atoms with E-state index in [-0.39, 0.29) is 30.9 Å². The van der Waals surface area contributed by atoms with E-state index in [4.69, 9.17) is 5.11 Å². The van der Waals surface area contributed by atoms with Crippen LogP contribution in [0.15, 0.2) is 18.2 Å². The van der Waals surface area contributed by atoms with E-state index in [0.29, 0.717) is 25.8 Å². The van der Waals surface area contributed by atoms with Crippen molar-refractivity contribution >= 4 is 11.9 Å². The number of carboxylic acid groups (broad SMARTS) is 1. The fourth-order valence-electron chi connectivity index (χ4n) is 3.85. The zero-order valence-corrected chi connectivity index (χ0v) is 13.7. The van der Waals surface area contributed by atoms with Crippen LogP contribution in [0.5, 0.6) is 0 Å². The fraction of sp³-hybridized carbons (Fsp3) is 0.556. The Labute approximate surface area is 143 Å². The van der Waals surface area contributed by atoms with Crippen LogP contribution in [-0.4, -0.2) is 34.6 Å². The fourth-order valence-corrected chi connectivity index (χ4v) is 3.85. The van der Waals surface area contributed by atoms with Gasteiger partial charge in [-0.1, -0.05) is 12.5 Å². The number of halogens is 3. The number of fused-ring (bicyclic) bond motifs is 1. The van der Waals surface area contributed by atoms with Crippen molar-refractivity contribution in [2.45, 2.75) is 44.8 Å². The molecule has 1 amide bonds. The highest BCUT2D eigenvalue weighted by Gasteiger charge is 2.44. The van der Waals surface area contributed by atoms with Gasteiger partial charge in [0.1, 0.15) is 0 Å². The van der Waals surface area contributed by atoms with Gasteiger partial charge in [-0.15, -0.1) is 0 Å². The third-order valence-electron chi connectivity index (χ3n) is 5.26. The Morgan fingerprint density at radius 2 is 1.92 bits per heavy atom. The largest absolute Gasteiger partial charge is 0.478 e. The summed E-state index contributed by atoms with van der Waals surface area (Å²) in [6, 6.07) is 4.84. The van der Waals surface area contributed by atoms with Gasteiger partial charge in [0, 0.05) is 19.0 Å². The summed E-state index contributed by atoms with van der Waals surface area (Å²) in [6.45, 7) is 0.730. The summed E-state index contributed by atoms with van der Waals surface area (Å²) in [5.41, 5.74) is 1.91. The van der Waals surface area contributed by atoms with Crippen molar-refractivity contribution in [1.29, 1.82) is 0 Å². The molecule has 2 aliphatic rings. The summed E-state index contributed by atoms with van der Waals surface area (Å²) in [5, 5.41) is 9.08. The van der Waals surface area contributed by atoms with Gasteiger partial charge in [-0.05, 0) is 48.9 Å². The number of amides is 1. The SMILES string of the molecule is O=C(O)c1ccc2c(c1)CN(C(=O)C1CCCC(C(F)(F)F)C1)CC2. The molecule has 1 fully saturated rings. The van der Waals surface area contributed by atoms with Crippen LogP contribution in [0.25, 0.3) is 0 Å². The summed E-state index contributed by atoms with van der Waals surface area (Å²) in [5.74, 6) is -3.26. The highest BCUT2D eigenvalue weighted by atomic mass is 19.4. The number of carbonyl (C=O) groups is 2. The zero-order valence-electron chi connectivity index (χ0n) is 13.7. The molecule has 2 unspecified atom stereocenters. The highest BCUT2D eigenvalue weighted by Crippen LogP contribution is 2.40. The third-order valence-corrected chi connectivity index (χ3v) is 5.26. The molecule has 1 aromatic rings. The van der Waals surface area contributed by atoms with Gasteiger partial charge in [-0.3, -0.25) is 4.79 Å². The first kappa shape index (κ1) is 17.8. The van der Waals surface area contributed by atoms with Crippen molar-refractivity contribution in [3.05, 3.63) is 34.9 Å². The van der Waals surface area contributed by atoms with Crippen molar-refractivity contribution in [1.82, 2.24) is 4.90 Å². The second kappa shape index (κ2) is 6.69. The van der Waals surface area contributed by atoms with Crippen LogP contribution < -0.4 is 0 Å². The molecule has 0 radical (unpaired) electrons. The van der Waals surface area contributed by atoms with Gasteiger partial charge in [0.2, 0.25) is 5.91 Å². The van der Waals surface area contributed by atoms with Crippen LogP contribution in [0.2, 0.25) is 0 Å². The maximum absolute atomic E-state index is 13.0. The summed E-state index contributed by atoms with van der Waals surface area (Å²) in [4.78, 5) is 25.4. The Morgan fingerprint density at radius 1 is 1.16 bits per heavy atom. The van der Waals surface area contributed by atoms with Crippen molar-refractivity contribution in [3.63, 3.8) is 0 Å². The van der Waals surface area contributed by atoms with Crippen LogP contribution in [0.1, 0.15) is 47.2 Å². The Bertz CT molecular complexity index is 687. The van der Waals surface area contributed by atoms with E-state index < -0.39 is 24.0 Å². The molecule has 0 aromatic heterocycles. The van der Waals surface area contributed by atoms with Gasteiger partial charge in [0.25, 0.3) is 0 Å². The lowest BCUT2D eigenvalue weighted by molar-refractivity contribution is -0.187. The Morgan fingerprint density at radius 3 is 2.60 bits per heavy atom. The first-order valence-electron chi connectivity index (χ1n) is 8.46. The third kappa shape index (κ3) is 3.80. The van der Waals surface area contributed by atoms with E-state index in [9.17, 15) is 22.8 Å². The summed E-state index contributed by atoms with van der Waals surface area (Å²) < 4.78 is 38.9. The maximum Gasteiger partial charge on any atom is 0.391 e. The van der Waals surface area contributed by atoms with Crippen molar-refractivity contribution in [2.75, 3.05) is 6.54 Å². The molecule has 3 rings (SSSR count). The van der Waals surface area contributed by atoms with Crippen LogP contribution in [0.4, 0.5) is 13.2 Å². The number of carbonyl (C=O) groups excluding carboxylic acids is 1. The summed E-state index contributed by atoms with van der Waals surface area (Å²) in [7, 11) is 0. The molecule has 1 aliphatic heterocycles. The predicted octanol–water partition coefficient (Wildman–Crippen LogP) is 3.64. The number of nitrogens with zero attached hydrogens (tertiary/aromatic N) is 1. The number of benzene rings is 1. The number of aromatic carboxylic acids is 1. The smallest absolute Gasteiger partial charge is 0.391 e. The molecular weight excluding hydrogens is 335 g/mol. The minimum absolute atomic E-state index is 0.0953. The van der Waals surface area contributed by atoms with Gasteiger partial charge in [0.15, 0.2) is 0 Å². The van der Waals surface area contributed by atoms with Gasteiger partial charge in [-0.2, -0.15) is 13.2 Å². The molecule has 0 bridgehead atoms. The average molecular weight is 355 g/mol. The Kier molecular flexibility index (Phi) is 4.75. The maximum atomic E-state index is 13.0. The second-order valence-corrected chi connectivity index (χ2v) is 6.90. The molecule has 1 heterocycles. The first-order chi connectivity index (χ1) is 11.8. The predicted molar refractivity (Wildman–Crippen MR) is 84.0 cm³/mol. The Hall–Kier alpha value is -2.05. The number of hydrogen-bond donors (Lipinski definition) is 1. The normalized spacial score (nSPS) is 23.9. The van der Waals surface area contributed by atoms with E-state index in [2.05, 4.69) is 0 Å². The molecule has 0 saturated heterocycles. The quantitative estimate of drug-likeness (QED) is 0.881.